The van der Waals surface area contributed by atoms with E-state index in [0.717, 1.165) is 36.1 Å². The Balaban J connectivity index is 1.65. The number of anilines is 1. The van der Waals surface area contributed by atoms with E-state index < -0.39 is 0 Å². The minimum absolute atomic E-state index is 0.185. The number of likely N-dealkylation sites (N-methyl/N-ethyl adjacent to an activating group) is 1. The van der Waals surface area contributed by atoms with E-state index >= 15 is 0 Å². The number of benzene rings is 1. The molecule has 0 radical (unpaired) electrons. The second-order valence-electron chi connectivity index (χ2n) is 5.68. The van der Waals surface area contributed by atoms with Gasteiger partial charge in [-0.2, -0.15) is 0 Å². The molecule has 116 valence electrons. The second kappa shape index (κ2) is 6.94. The van der Waals surface area contributed by atoms with Gasteiger partial charge in [0.1, 0.15) is 0 Å². The van der Waals surface area contributed by atoms with Gasteiger partial charge in [0.15, 0.2) is 0 Å². The van der Waals surface area contributed by atoms with Gasteiger partial charge in [-0.05, 0) is 53.5 Å². The number of fused-ring (bicyclic) bond motifs is 1. The number of nitrogens with zero attached hydrogens (tertiary/aromatic N) is 2. The molecule has 1 aromatic carbocycles. The Labute approximate surface area is 143 Å². The highest BCUT2D eigenvalue weighted by molar-refractivity contribution is 9.10. The third-order valence-corrected chi connectivity index (χ3v) is 5.55. The highest BCUT2D eigenvalue weighted by Gasteiger charge is 2.22. The van der Waals surface area contributed by atoms with E-state index in [1.165, 1.54) is 10.4 Å². The van der Waals surface area contributed by atoms with Crippen molar-refractivity contribution in [1.29, 1.82) is 0 Å². The van der Waals surface area contributed by atoms with Crippen LogP contribution in [0.4, 0.5) is 5.69 Å². The second-order valence-corrected chi connectivity index (χ2v) is 7.59. The molecule has 3 rings (SSSR count). The van der Waals surface area contributed by atoms with Crippen molar-refractivity contribution in [3.8, 4) is 0 Å². The minimum Gasteiger partial charge on any atom is -0.311 e. The van der Waals surface area contributed by atoms with Crippen LogP contribution in [-0.2, 0) is 17.8 Å². The molecule has 0 fully saturated rings. The average Bonchev–Trinajstić information content (AvgIpc) is 2.91. The van der Waals surface area contributed by atoms with E-state index in [0.29, 0.717) is 6.54 Å². The van der Waals surface area contributed by atoms with E-state index in [-0.39, 0.29) is 5.91 Å². The van der Waals surface area contributed by atoms with Crippen LogP contribution in [0.1, 0.15) is 16.9 Å². The predicted octanol–water partition coefficient (Wildman–Crippen LogP) is 3.92. The number of rotatable bonds is 4. The molecule has 1 amide bonds. The highest BCUT2D eigenvalue weighted by atomic mass is 79.9. The predicted molar refractivity (Wildman–Crippen MR) is 95.5 cm³/mol. The zero-order valence-electron chi connectivity index (χ0n) is 12.6. The first-order valence-corrected chi connectivity index (χ1v) is 9.10. The van der Waals surface area contributed by atoms with Crippen LogP contribution in [0.3, 0.4) is 0 Å². The van der Waals surface area contributed by atoms with Crippen molar-refractivity contribution in [2.24, 2.45) is 0 Å². The Hall–Kier alpha value is -1.17. The Morgan fingerprint density at radius 3 is 3.00 bits per heavy atom. The fraction of sp³-hybridized carbons (Fsp3) is 0.353. The lowest BCUT2D eigenvalue weighted by Crippen LogP contribution is -2.41. The number of hydrogen-bond donors (Lipinski definition) is 0. The molecule has 1 aliphatic heterocycles. The number of hydrogen-bond acceptors (Lipinski definition) is 3. The van der Waals surface area contributed by atoms with Crippen molar-refractivity contribution in [3.63, 3.8) is 0 Å². The molecular weight excluding hydrogens is 360 g/mol. The molecule has 5 heteroatoms. The molecule has 2 heterocycles. The lowest BCUT2D eigenvalue weighted by atomic mass is 10.0. The van der Waals surface area contributed by atoms with Gasteiger partial charge in [0.05, 0.1) is 6.54 Å². The van der Waals surface area contributed by atoms with Gasteiger partial charge in [-0.25, -0.2) is 0 Å². The average molecular weight is 379 g/mol. The Morgan fingerprint density at radius 1 is 1.41 bits per heavy atom. The molecule has 0 unspecified atom stereocenters. The van der Waals surface area contributed by atoms with Gasteiger partial charge in [-0.1, -0.05) is 18.2 Å². The smallest absolute Gasteiger partial charge is 0.241 e. The van der Waals surface area contributed by atoms with E-state index in [1.807, 2.05) is 24.1 Å². The Kier molecular flexibility index (Phi) is 4.96. The topological polar surface area (TPSA) is 23.6 Å². The zero-order valence-corrected chi connectivity index (χ0v) is 15.0. The number of carbonyl (C=O) groups is 1. The summed E-state index contributed by atoms with van der Waals surface area (Å²) in [6.45, 7) is 2.08. The Morgan fingerprint density at radius 2 is 2.23 bits per heavy atom. The van der Waals surface area contributed by atoms with Crippen molar-refractivity contribution in [2.75, 3.05) is 25.0 Å². The van der Waals surface area contributed by atoms with Gasteiger partial charge in [-0.15, -0.1) is 11.3 Å². The van der Waals surface area contributed by atoms with Gasteiger partial charge in [-0.3, -0.25) is 9.69 Å². The van der Waals surface area contributed by atoms with Gasteiger partial charge in [0.25, 0.3) is 0 Å². The largest absolute Gasteiger partial charge is 0.311 e. The van der Waals surface area contributed by atoms with Gasteiger partial charge < -0.3 is 4.90 Å². The first-order chi connectivity index (χ1) is 10.6. The third-order valence-electron chi connectivity index (χ3n) is 3.86. The number of para-hydroxylation sites is 1. The Bertz CT molecular complexity index is 670. The maximum Gasteiger partial charge on any atom is 0.241 e. The summed E-state index contributed by atoms with van der Waals surface area (Å²) < 4.78 is 1.11. The van der Waals surface area contributed by atoms with Crippen LogP contribution in [0, 0.1) is 0 Å². The molecule has 2 aromatic rings. The highest BCUT2D eigenvalue weighted by Crippen LogP contribution is 2.27. The summed E-state index contributed by atoms with van der Waals surface area (Å²) in [7, 11) is 2.00. The lowest BCUT2D eigenvalue weighted by Gasteiger charge is -2.30. The zero-order chi connectivity index (χ0) is 15.5. The number of carbonyl (C=O) groups excluding carboxylic acids is 1. The molecule has 1 aromatic heterocycles. The number of halogens is 1. The summed E-state index contributed by atoms with van der Waals surface area (Å²) in [4.78, 5) is 17.9. The fourth-order valence-electron chi connectivity index (χ4n) is 2.87. The molecule has 0 bridgehead atoms. The summed E-state index contributed by atoms with van der Waals surface area (Å²) in [5.74, 6) is 0.185. The van der Waals surface area contributed by atoms with Crippen molar-refractivity contribution in [2.45, 2.75) is 19.4 Å². The van der Waals surface area contributed by atoms with E-state index in [4.69, 9.17) is 0 Å². The molecule has 3 nitrogen and oxygen atoms in total. The maximum atomic E-state index is 12.6. The first-order valence-electron chi connectivity index (χ1n) is 7.43. The monoisotopic (exact) mass is 378 g/mol. The van der Waals surface area contributed by atoms with Crippen molar-refractivity contribution in [3.05, 3.63) is 50.6 Å². The molecule has 0 N–H and O–H groups in total. The summed E-state index contributed by atoms with van der Waals surface area (Å²) >= 11 is 5.19. The SMILES string of the molecule is CN(CC(=O)N1CCCc2ccccc21)Cc1cc(Br)cs1. The summed E-state index contributed by atoms with van der Waals surface area (Å²) in [5.41, 5.74) is 2.37. The normalized spacial score (nSPS) is 14.2. The van der Waals surface area contributed by atoms with E-state index in [9.17, 15) is 4.79 Å². The van der Waals surface area contributed by atoms with Gasteiger partial charge in [0.2, 0.25) is 5.91 Å². The molecule has 0 saturated heterocycles. The number of amides is 1. The number of thiophene rings is 1. The molecule has 0 aliphatic carbocycles. The van der Waals surface area contributed by atoms with E-state index in [1.54, 1.807) is 11.3 Å². The first kappa shape index (κ1) is 15.7. The summed E-state index contributed by atoms with van der Waals surface area (Å²) in [6.07, 6.45) is 2.11. The lowest BCUT2D eigenvalue weighted by molar-refractivity contribution is -0.119. The summed E-state index contributed by atoms with van der Waals surface area (Å²) in [5, 5.41) is 2.08. The van der Waals surface area contributed by atoms with Crippen molar-refractivity contribution < 1.29 is 4.79 Å². The molecule has 22 heavy (non-hydrogen) atoms. The fourth-order valence-corrected chi connectivity index (χ4v) is 4.40. The molecule has 0 atom stereocenters. The van der Waals surface area contributed by atoms with Gasteiger partial charge in [0, 0.05) is 33.5 Å². The van der Waals surface area contributed by atoms with Crippen LogP contribution >= 0.6 is 27.3 Å². The van der Waals surface area contributed by atoms with Crippen molar-refractivity contribution in [1.82, 2.24) is 4.90 Å². The number of aryl methyl sites for hydroxylation is 1. The van der Waals surface area contributed by atoms with Gasteiger partial charge >= 0.3 is 0 Å². The van der Waals surface area contributed by atoms with Crippen LogP contribution in [0.5, 0.6) is 0 Å². The van der Waals surface area contributed by atoms with Crippen LogP contribution in [-0.4, -0.2) is 30.9 Å². The molecule has 1 aliphatic rings. The van der Waals surface area contributed by atoms with Crippen molar-refractivity contribution >= 4 is 38.9 Å². The van der Waals surface area contributed by atoms with Crippen LogP contribution in [0.25, 0.3) is 0 Å². The maximum absolute atomic E-state index is 12.6. The standard InChI is InChI=1S/C17H19BrN2OS/c1-19(10-15-9-14(18)12-22-15)11-17(21)20-8-4-6-13-5-2-3-7-16(13)20/h2-3,5,7,9,12H,4,6,8,10-11H2,1H3. The van der Waals surface area contributed by atoms with Crippen LogP contribution < -0.4 is 4.90 Å². The molecule has 0 saturated carbocycles. The quantitative estimate of drug-likeness (QED) is 0.804. The van der Waals surface area contributed by atoms with E-state index in [2.05, 4.69) is 44.4 Å². The minimum atomic E-state index is 0.185. The van der Waals surface area contributed by atoms with Crippen LogP contribution in [0.15, 0.2) is 40.2 Å². The molecule has 0 spiro atoms. The molecular formula is C17H19BrN2OS. The third kappa shape index (κ3) is 3.59. The van der Waals surface area contributed by atoms with Crippen LogP contribution in [0.2, 0.25) is 0 Å². The summed E-state index contributed by atoms with van der Waals surface area (Å²) in [6, 6.07) is 10.4.